The quantitative estimate of drug-likeness (QED) is 0.199. The Morgan fingerprint density at radius 2 is 1.68 bits per heavy atom. The van der Waals surface area contributed by atoms with Crippen LogP contribution in [0.3, 0.4) is 0 Å². The Morgan fingerprint density at radius 1 is 1.02 bits per heavy atom. The lowest BCUT2D eigenvalue weighted by Gasteiger charge is -2.09. The van der Waals surface area contributed by atoms with Crippen molar-refractivity contribution in [3.05, 3.63) is 82.4 Å². The Labute approximate surface area is 227 Å². The fourth-order valence-corrected chi connectivity index (χ4v) is 3.54. The van der Waals surface area contributed by atoms with Gasteiger partial charge in [-0.25, -0.2) is 14.0 Å². The van der Waals surface area contributed by atoms with Crippen molar-refractivity contribution in [1.82, 2.24) is 10.3 Å². The summed E-state index contributed by atoms with van der Waals surface area (Å²) in [5.41, 5.74) is 3.25. The summed E-state index contributed by atoms with van der Waals surface area (Å²) in [7, 11) is 1.60. The number of carbonyl (C=O) groups excluding carboxylic acids is 2. The number of rotatable bonds is 10. The van der Waals surface area contributed by atoms with E-state index in [1.165, 1.54) is 12.1 Å². The highest BCUT2D eigenvalue weighted by Gasteiger charge is 2.38. The SMILES string of the molecule is CCOC(=O)c1c(CNc2ccc(OC)cc2)[nH]c(C(=O)NCc2cccc(F)c2)c1CC.O=C(O)C(F)(F)F. The van der Waals surface area contributed by atoms with Crippen LogP contribution in [-0.4, -0.2) is 47.8 Å². The fourth-order valence-electron chi connectivity index (χ4n) is 3.54. The van der Waals surface area contributed by atoms with Gasteiger partial charge in [0.2, 0.25) is 0 Å². The Morgan fingerprint density at radius 3 is 2.20 bits per heavy atom. The highest BCUT2D eigenvalue weighted by Crippen LogP contribution is 2.24. The second-order valence-electron chi connectivity index (χ2n) is 8.10. The van der Waals surface area contributed by atoms with Gasteiger partial charge in [-0.1, -0.05) is 19.1 Å². The average Bonchev–Trinajstić information content (AvgIpc) is 3.29. The molecule has 0 spiro atoms. The molecule has 0 aliphatic rings. The van der Waals surface area contributed by atoms with Gasteiger partial charge in [0, 0.05) is 17.9 Å². The first kappa shape index (κ1) is 31.7. The molecule has 0 saturated heterocycles. The number of amides is 1. The van der Waals surface area contributed by atoms with E-state index in [9.17, 15) is 27.2 Å². The van der Waals surface area contributed by atoms with Gasteiger partial charge < -0.3 is 30.2 Å². The molecular weight excluding hydrogens is 538 g/mol. The predicted molar refractivity (Wildman–Crippen MR) is 138 cm³/mol. The van der Waals surface area contributed by atoms with Crippen LogP contribution in [0.1, 0.15) is 51.5 Å². The number of aromatic amines is 1. The molecule has 2 aromatic carbocycles. The third-order valence-electron chi connectivity index (χ3n) is 5.39. The number of hydrogen-bond acceptors (Lipinski definition) is 6. The van der Waals surface area contributed by atoms with Crippen LogP contribution in [0.2, 0.25) is 0 Å². The van der Waals surface area contributed by atoms with Crippen LogP contribution in [0.15, 0.2) is 48.5 Å². The maximum absolute atomic E-state index is 13.4. The zero-order valence-electron chi connectivity index (χ0n) is 21.9. The van der Waals surface area contributed by atoms with E-state index in [-0.39, 0.29) is 31.4 Å². The number of H-pyrrole nitrogens is 1. The summed E-state index contributed by atoms with van der Waals surface area (Å²) in [6.07, 6.45) is -4.63. The van der Waals surface area contributed by atoms with Gasteiger partial charge in [-0.2, -0.15) is 13.2 Å². The number of nitrogens with one attached hydrogen (secondary N) is 3. The fraction of sp³-hybridized carbons (Fsp3) is 0.296. The van der Waals surface area contributed by atoms with Crippen molar-refractivity contribution in [1.29, 1.82) is 0 Å². The lowest BCUT2D eigenvalue weighted by molar-refractivity contribution is -0.192. The van der Waals surface area contributed by atoms with Gasteiger partial charge in [0.25, 0.3) is 5.91 Å². The molecule has 13 heteroatoms. The summed E-state index contributed by atoms with van der Waals surface area (Å²) in [6.45, 7) is 4.27. The van der Waals surface area contributed by atoms with Crippen molar-refractivity contribution in [3.8, 4) is 5.75 Å². The van der Waals surface area contributed by atoms with Crippen molar-refractivity contribution in [3.63, 3.8) is 0 Å². The largest absolute Gasteiger partial charge is 0.497 e. The van der Waals surface area contributed by atoms with Crippen molar-refractivity contribution in [2.45, 2.75) is 39.5 Å². The molecule has 0 fully saturated rings. The summed E-state index contributed by atoms with van der Waals surface area (Å²) in [4.78, 5) is 37.7. The molecule has 3 aromatic rings. The molecule has 0 atom stereocenters. The summed E-state index contributed by atoms with van der Waals surface area (Å²) in [5.74, 6) is -3.25. The van der Waals surface area contributed by atoms with E-state index >= 15 is 0 Å². The highest BCUT2D eigenvalue weighted by atomic mass is 19.4. The van der Waals surface area contributed by atoms with Crippen LogP contribution < -0.4 is 15.4 Å². The van der Waals surface area contributed by atoms with Crippen LogP contribution in [0.5, 0.6) is 5.75 Å². The molecule has 0 aliphatic heterocycles. The lowest BCUT2D eigenvalue weighted by atomic mass is 10.1. The van der Waals surface area contributed by atoms with E-state index in [0.29, 0.717) is 34.5 Å². The minimum absolute atomic E-state index is 0.160. The van der Waals surface area contributed by atoms with E-state index < -0.39 is 18.1 Å². The van der Waals surface area contributed by atoms with Crippen molar-refractivity contribution in [2.75, 3.05) is 19.0 Å². The first-order valence-electron chi connectivity index (χ1n) is 12.0. The molecule has 0 saturated carbocycles. The van der Waals surface area contributed by atoms with Gasteiger partial charge in [0.1, 0.15) is 17.3 Å². The second kappa shape index (κ2) is 14.6. The molecular formula is C27H29F4N3O6. The first-order valence-corrected chi connectivity index (χ1v) is 12.0. The highest BCUT2D eigenvalue weighted by molar-refractivity contribution is 6.00. The molecule has 0 bridgehead atoms. The number of carbonyl (C=O) groups is 3. The van der Waals surface area contributed by atoms with E-state index in [2.05, 4.69) is 15.6 Å². The number of carboxylic acids is 1. The maximum atomic E-state index is 13.4. The standard InChI is InChI=1S/C25H28FN3O4.C2HF3O2/c1-4-20-22(25(31)33-5-2)21(15-27-18-9-11-19(32-3)12-10-18)29-23(20)24(30)28-14-16-7-6-8-17(26)13-16;3-2(4,5)1(6)7/h6-13,27,29H,4-5,14-15H2,1-3H3,(H,28,30);(H,6,7). The third kappa shape index (κ3) is 9.03. The Kier molecular flexibility index (Phi) is 11.5. The van der Waals surface area contributed by atoms with Crippen LogP contribution in [0.4, 0.5) is 23.2 Å². The second-order valence-corrected chi connectivity index (χ2v) is 8.10. The van der Waals surface area contributed by atoms with Gasteiger partial charge in [0.05, 0.1) is 25.8 Å². The number of esters is 1. The summed E-state index contributed by atoms with van der Waals surface area (Å²) < 4.78 is 55.6. The van der Waals surface area contributed by atoms with E-state index in [1.54, 1.807) is 26.2 Å². The first-order chi connectivity index (χ1) is 18.9. The monoisotopic (exact) mass is 567 g/mol. The van der Waals surface area contributed by atoms with Crippen molar-refractivity contribution < 1.29 is 46.5 Å². The minimum atomic E-state index is -5.08. The van der Waals surface area contributed by atoms with Crippen LogP contribution in [0, 0.1) is 5.82 Å². The van der Waals surface area contributed by atoms with Crippen LogP contribution in [-0.2, 0) is 29.0 Å². The zero-order valence-corrected chi connectivity index (χ0v) is 21.9. The lowest BCUT2D eigenvalue weighted by Crippen LogP contribution is -2.24. The summed E-state index contributed by atoms with van der Waals surface area (Å²) >= 11 is 0. The van der Waals surface area contributed by atoms with Gasteiger partial charge in [0.15, 0.2) is 0 Å². The molecule has 0 aliphatic carbocycles. The topological polar surface area (TPSA) is 130 Å². The van der Waals surface area contributed by atoms with E-state index in [0.717, 1.165) is 11.4 Å². The van der Waals surface area contributed by atoms with Crippen LogP contribution in [0.25, 0.3) is 0 Å². The van der Waals surface area contributed by atoms with Gasteiger partial charge in [-0.05, 0) is 60.9 Å². The molecule has 40 heavy (non-hydrogen) atoms. The number of halogens is 4. The molecule has 9 nitrogen and oxygen atoms in total. The number of anilines is 1. The molecule has 0 unspecified atom stereocenters. The smallest absolute Gasteiger partial charge is 0.490 e. The van der Waals surface area contributed by atoms with E-state index in [4.69, 9.17) is 19.4 Å². The molecule has 3 rings (SSSR count). The molecule has 0 radical (unpaired) electrons. The van der Waals surface area contributed by atoms with Gasteiger partial charge in [-0.15, -0.1) is 0 Å². The number of aromatic nitrogens is 1. The zero-order chi connectivity index (χ0) is 29.9. The minimum Gasteiger partial charge on any atom is -0.497 e. The van der Waals surface area contributed by atoms with Crippen molar-refractivity contribution >= 4 is 23.5 Å². The molecule has 4 N–H and O–H groups in total. The Balaban J connectivity index is 0.000000708. The average molecular weight is 568 g/mol. The molecule has 216 valence electrons. The predicted octanol–water partition coefficient (Wildman–Crippen LogP) is 5.08. The van der Waals surface area contributed by atoms with Gasteiger partial charge >= 0.3 is 18.1 Å². The third-order valence-corrected chi connectivity index (χ3v) is 5.39. The normalized spacial score (nSPS) is 10.7. The number of alkyl halides is 3. The number of aliphatic carboxylic acids is 1. The van der Waals surface area contributed by atoms with Crippen LogP contribution >= 0.6 is 0 Å². The molecule has 1 heterocycles. The van der Waals surface area contributed by atoms with Crippen molar-refractivity contribution in [2.24, 2.45) is 0 Å². The summed E-state index contributed by atoms with van der Waals surface area (Å²) in [6, 6.07) is 13.4. The Hall–Kier alpha value is -4.55. The molecule has 1 aromatic heterocycles. The number of carboxylic acid groups (broad SMARTS) is 1. The number of methoxy groups -OCH3 is 1. The number of benzene rings is 2. The van der Waals surface area contributed by atoms with Gasteiger partial charge in [-0.3, -0.25) is 4.79 Å². The summed E-state index contributed by atoms with van der Waals surface area (Å²) in [5, 5.41) is 13.2. The number of ether oxygens (including phenoxy) is 2. The van der Waals surface area contributed by atoms with E-state index in [1.807, 2.05) is 31.2 Å². The molecule has 1 amide bonds. The number of hydrogen-bond donors (Lipinski definition) is 4. The Bertz CT molecular complexity index is 1310. The maximum Gasteiger partial charge on any atom is 0.490 e.